The molecule has 3 N–H and O–H groups in total. The van der Waals surface area contributed by atoms with Crippen LogP contribution in [0.2, 0.25) is 0 Å². The molecule has 1 aromatic heterocycles. The van der Waals surface area contributed by atoms with Crippen LogP contribution < -0.4 is 11.1 Å². The largest absolute Gasteiger partial charge is 0.382 e. The third kappa shape index (κ3) is 5.16. The molecule has 1 aliphatic heterocycles. The van der Waals surface area contributed by atoms with Gasteiger partial charge in [-0.2, -0.15) is 0 Å². The summed E-state index contributed by atoms with van der Waals surface area (Å²) in [6.45, 7) is 0.535. The molecule has 1 amide bonds. The number of benzene rings is 1. The summed E-state index contributed by atoms with van der Waals surface area (Å²) >= 11 is 3.06. The normalized spacial score (nSPS) is 16.7. The van der Waals surface area contributed by atoms with Crippen LogP contribution in [0.25, 0.3) is 0 Å². The third-order valence-electron chi connectivity index (χ3n) is 4.42. The smallest absolute Gasteiger partial charge is 0.228 e. The number of amides is 1. The number of sulfonamides is 1. The highest BCUT2D eigenvalue weighted by Gasteiger charge is 2.30. The second kappa shape index (κ2) is 8.55. The number of carbonyl (C=O) groups is 1. The molecule has 0 bridgehead atoms. The molecule has 1 aliphatic rings. The molecule has 0 saturated carbocycles. The van der Waals surface area contributed by atoms with Crippen molar-refractivity contribution < 1.29 is 22.2 Å². The molecule has 0 spiro atoms. The monoisotopic (exact) mass is 488 g/mol. The van der Waals surface area contributed by atoms with Crippen LogP contribution in [0.15, 0.2) is 32.3 Å². The van der Waals surface area contributed by atoms with E-state index in [0.29, 0.717) is 18.5 Å². The number of amidine groups is 1. The minimum absolute atomic E-state index is 0.00275. The van der Waals surface area contributed by atoms with Crippen molar-refractivity contribution in [3.63, 3.8) is 0 Å². The van der Waals surface area contributed by atoms with E-state index >= 15 is 0 Å². The predicted molar refractivity (Wildman–Crippen MR) is 107 cm³/mol. The molecule has 0 aliphatic carbocycles. The molecule has 1 fully saturated rings. The average Bonchev–Trinajstić information content (AvgIpc) is 3.12. The predicted octanol–water partition coefficient (Wildman–Crippen LogP) is 1.62. The first-order valence-corrected chi connectivity index (χ1v) is 11.2. The minimum atomic E-state index is -3.27. The van der Waals surface area contributed by atoms with Crippen molar-refractivity contribution in [3.05, 3.63) is 34.2 Å². The quantitative estimate of drug-likeness (QED) is 0.480. The van der Waals surface area contributed by atoms with Crippen molar-refractivity contribution in [2.45, 2.75) is 12.8 Å². The summed E-state index contributed by atoms with van der Waals surface area (Å²) in [7, 11) is -3.27. The van der Waals surface area contributed by atoms with Crippen molar-refractivity contribution in [1.82, 2.24) is 14.6 Å². The number of nitrogens with one attached hydrogen (secondary N) is 1. The Hall–Kier alpha value is -2.38. The highest BCUT2D eigenvalue weighted by molar-refractivity contribution is 9.10. The van der Waals surface area contributed by atoms with Crippen LogP contribution in [0, 0.1) is 11.7 Å². The Morgan fingerprint density at radius 3 is 2.69 bits per heavy atom. The second-order valence-electron chi connectivity index (χ2n) is 6.48. The van der Waals surface area contributed by atoms with Crippen LogP contribution in [-0.4, -0.2) is 54.1 Å². The van der Waals surface area contributed by atoms with Crippen LogP contribution in [-0.2, 0) is 14.8 Å². The topological polar surface area (TPSA) is 144 Å². The number of rotatable bonds is 5. The van der Waals surface area contributed by atoms with Crippen LogP contribution in [0.1, 0.15) is 18.5 Å². The number of aliphatic imine (C=N–C) groups is 1. The summed E-state index contributed by atoms with van der Waals surface area (Å²) in [6.07, 6.45) is 1.90. The van der Waals surface area contributed by atoms with E-state index < -0.39 is 15.8 Å². The van der Waals surface area contributed by atoms with E-state index in [1.807, 2.05) is 0 Å². The number of nitrogens with zero attached hydrogens (tertiary/aromatic N) is 4. The van der Waals surface area contributed by atoms with Crippen molar-refractivity contribution in [2.24, 2.45) is 16.6 Å². The van der Waals surface area contributed by atoms with Crippen LogP contribution in [0.3, 0.4) is 0 Å². The van der Waals surface area contributed by atoms with Gasteiger partial charge in [0.2, 0.25) is 21.7 Å². The maximum absolute atomic E-state index is 13.3. The van der Waals surface area contributed by atoms with Gasteiger partial charge in [0.05, 0.1) is 16.4 Å². The molecule has 10 nitrogen and oxygen atoms in total. The molecule has 2 heterocycles. The Bertz CT molecular complexity index is 1050. The van der Waals surface area contributed by atoms with Crippen molar-refractivity contribution in [2.75, 3.05) is 24.7 Å². The SMILES string of the molecule is CS(=O)(=O)N1CCC(C(=O)Nc2nonc2C(N)=Nc2ccc(F)c(Br)c2)CC1. The summed E-state index contributed by atoms with van der Waals surface area (Å²) in [5, 5.41) is 9.91. The summed E-state index contributed by atoms with van der Waals surface area (Å²) < 4.78 is 42.7. The maximum atomic E-state index is 13.3. The lowest BCUT2D eigenvalue weighted by molar-refractivity contribution is -0.120. The Labute approximate surface area is 174 Å². The lowest BCUT2D eigenvalue weighted by Gasteiger charge is -2.29. The molecular weight excluding hydrogens is 471 g/mol. The molecule has 29 heavy (non-hydrogen) atoms. The summed E-state index contributed by atoms with van der Waals surface area (Å²) in [6, 6.07) is 4.08. The average molecular weight is 489 g/mol. The number of piperidine rings is 1. The Morgan fingerprint density at radius 1 is 1.38 bits per heavy atom. The van der Waals surface area contributed by atoms with Crippen LogP contribution in [0.5, 0.6) is 0 Å². The van der Waals surface area contributed by atoms with Gasteiger partial charge in [0, 0.05) is 19.0 Å². The summed E-state index contributed by atoms with van der Waals surface area (Å²) in [5.74, 6) is -1.24. The highest BCUT2D eigenvalue weighted by atomic mass is 79.9. The van der Waals surface area contributed by atoms with E-state index in [4.69, 9.17) is 5.73 Å². The van der Waals surface area contributed by atoms with E-state index in [-0.39, 0.29) is 46.7 Å². The van der Waals surface area contributed by atoms with Crippen molar-refractivity contribution in [3.8, 4) is 0 Å². The zero-order valence-electron chi connectivity index (χ0n) is 15.3. The van der Waals surface area contributed by atoms with Gasteiger partial charge < -0.3 is 11.1 Å². The van der Waals surface area contributed by atoms with E-state index in [1.165, 1.54) is 22.5 Å². The van der Waals surface area contributed by atoms with E-state index in [9.17, 15) is 17.6 Å². The number of anilines is 1. The lowest BCUT2D eigenvalue weighted by atomic mass is 9.97. The van der Waals surface area contributed by atoms with Gasteiger partial charge in [0.25, 0.3) is 0 Å². The van der Waals surface area contributed by atoms with Crippen LogP contribution >= 0.6 is 15.9 Å². The highest BCUT2D eigenvalue weighted by Crippen LogP contribution is 2.24. The van der Waals surface area contributed by atoms with Gasteiger partial charge in [-0.1, -0.05) is 0 Å². The first-order chi connectivity index (χ1) is 13.6. The number of hydrogen-bond donors (Lipinski definition) is 2. The first-order valence-electron chi connectivity index (χ1n) is 8.53. The van der Waals surface area contributed by atoms with Gasteiger partial charge in [0.15, 0.2) is 11.5 Å². The fourth-order valence-corrected chi connectivity index (χ4v) is 4.09. The van der Waals surface area contributed by atoms with Gasteiger partial charge in [-0.3, -0.25) is 4.79 Å². The van der Waals surface area contributed by atoms with Gasteiger partial charge in [0.1, 0.15) is 5.82 Å². The number of carbonyl (C=O) groups excluding carboxylic acids is 1. The Kier molecular flexibility index (Phi) is 6.29. The molecule has 156 valence electrons. The second-order valence-corrected chi connectivity index (χ2v) is 9.32. The van der Waals surface area contributed by atoms with Crippen LogP contribution in [0.4, 0.5) is 15.9 Å². The van der Waals surface area contributed by atoms with Gasteiger partial charge in [-0.25, -0.2) is 26.7 Å². The number of hydrogen-bond acceptors (Lipinski definition) is 7. The maximum Gasteiger partial charge on any atom is 0.228 e. The van der Waals surface area contributed by atoms with Gasteiger partial charge in [-0.05, 0) is 57.3 Å². The lowest BCUT2D eigenvalue weighted by Crippen LogP contribution is -2.41. The van der Waals surface area contributed by atoms with E-state index in [0.717, 1.165) is 6.26 Å². The molecule has 3 rings (SSSR count). The first kappa shape index (κ1) is 21.3. The fraction of sp³-hybridized carbons (Fsp3) is 0.375. The minimum Gasteiger partial charge on any atom is -0.382 e. The van der Waals surface area contributed by atoms with Gasteiger partial charge in [-0.15, -0.1) is 0 Å². The number of halogens is 2. The molecule has 13 heteroatoms. The van der Waals surface area contributed by atoms with E-state index in [1.54, 1.807) is 0 Å². The fourth-order valence-electron chi connectivity index (χ4n) is 2.85. The summed E-state index contributed by atoms with van der Waals surface area (Å²) in [4.78, 5) is 16.7. The zero-order valence-corrected chi connectivity index (χ0v) is 17.7. The molecule has 2 aromatic rings. The molecule has 0 unspecified atom stereocenters. The Balaban J connectivity index is 1.69. The summed E-state index contributed by atoms with van der Waals surface area (Å²) in [5.41, 5.74) is 6.33. The molecule has 0 atom stereocenters. The molecule has 0 radical (unpaired) electrons. The van der Waals surface area contributed by atoms with Crippen molar-refractivity contribution in [1.29, 1.82) is 0 Å². The van der Waals surface area contributed by atoms with Gasteiger partial charge >= 0.3 is 0 Å². The number of nitrogens with two attached hydrogens (primary N) is 1. The zero-order chi connectivity index (χ0) is 21.2. The molecule has 1 saturated heterocycles. The molecule has 1 aromatic carbocycles. The molecular formula is C16H18BrFN6O4S. The third-order valence-corrected chi connectivity index (χ3v) is 6.33. The van der Waals surface area contributed by atoms with E-state index in [2.05, 4.69) is 41.2 Å². The standard InChI is InChI=1S/C16H18BrFN6O4S/c1-29(26,27)24-6-4-9(5-7-24)16(25)21-15-13(22-28-23-15)14(19)20-10-2-3-12(18)11(17)8-10/h2-3,8-9H,4-7H2,1H3,(H2,19,20)(H,21,23,25). The van der Waals surface area contributed by atoms with Crippen molar-refractivity contribution >= 4 is 49.2 Å². The number of aromatic nitrogens is 2. The Morgan fingerprint density at radius 2 is 2.07 bits per heavy atom.